The van der Waals surface area contributed by atoms with E-state index in [4.69, 9.17) is 11.5 Å². The van der Waals surface area contributed by atoms with Crippen LogP contribution in [0.25, 0.3) is 0 Å². The van der Waals surface area contributed by atoms with Crippen LogP contribution < -0.4 is 11.5 Å². The second-order valence-corrected chi connectivity index (χ2v) is 4.87. The Labute approximate surface area is 90.1 Å². The highest BCUT2D eigenvalue weighted by Crippen LogP contribution is 2.20. The molecule has 0 spiro atoms. The molecule has 78 valence electrons. The summed E-state index contributed by atoms with van der Waals surface area (Å²) in [6, 6.07) is 8.05. The second-order valence-electron chi connectivity index (χ2n) is 3.44. The fourth-order valence-corrected chi connectivity index (χ4v) is 2.20. The van der Waals surface area contributed by atoms with Crippen molar-refractivity contribution in [3.63, 3.8) is 0 Å². The predicted molar refractivity (Wildman–Crippen MR) is 65.3 cm³/mol. The van der Waals surface area contributed by atoms with Crippen LogP contribution >= 0.6 is 11.8 Å². The average molecular weight is 210 g/mol. The minimum Gasteiger partial charge on any atom is -0.399 e. The van der Waals surface area contributed by atoms with Crippen molar-refractivity contribution < 1.29 is 0 Å². The molecule has 0 radical (unpaired) electrons. The maximum Gasteiger partial charge on any atom is 0.0317 e. The Morgan fingerprint density at radius 3 is 2.86 bits per heavy atom. The van der Waals surface area contributed by atoms with Gasteiger partial charge in [-0.3, -0.25) is 0 Å². The van der Waals surface area contributed by atoms with E-state index in [0.29, 0.717) is 5.25 Å². The highest BCUT2D eigenvalue weighted by atomic mass is 32.2. The van der Waals surface area contributed by atoms with Crippen LogP contribution in [0.15, 0.2) is 24.3 Å². The molecule has 1 aromatic carbocycles. The van der Waals surface area contributed by atoms with E-state index in [0.717, 1.165) is 24.4 Å². The molecule has 0 amide bonds. The number of thioether (sulfide) groups is 1. The number of hydrogen-bond donors (Lipinski definition) is 2. The van der Waals surface area contributed by atoms with Crippen LogP contribution in [-0.2, 0) is 5.75 Å². The van der Waals surface area contributed by atoms with Crippen LogP contribution in [0.3, 0.4) is 0 Å². The first kappa shape index (κ1) is 11.4. The zero-order chi connectivity index (χ0) is 10.4. The first-order chi connectivity index (χ1) is 6.72. The van der Waals surface area contributed by atoms with E-state index in [1.165, 1.54) is 5.56 Å². The summed E-state index contributed by atoms with van der Waals surface area (Å²) in [5, 5.41) is 0.626. The van der Waals surface area contributed by atoms with Crippen LogP contribution in [0.4, 0.5) is 5.69 Å². The molecule has 0 saturated heterocycles. The molecule has 1 unspecified atom stereocenters. The normalized spacial score (nSPS) is 12.7. The zero-order valence-corrected chi connectivity index (χ0v) is 9.39. The van der Waals surface area contributed by atoms with Gasteiger partial charge in [-0.2, -0.15) is 11.8 Å². The van der Waals surface area contributed by atoms with Gasteiger partial charge < -0.3 is 11.5 Å². The number of rotatable bonds is 5. The highest BCUT2D eigenvalue weighted by molar-refractivity contribution is 7.99. The van der Waals surface area contributed by atoms with E-state index in [1.807, 2.05) is 30.0 Å². The van der Waals surface area contributed by atoms with Gasteiger partial charge in [-0.15, -0.1) is 0 Å². The van der Waals surface area contributed by atoms with Crippen LogP contribution in [0, 0.1) is 0 Å². The van der Waals surface area contributed by atoms with Crippen molar-refractivity contribution in [2.24, 2.45) is 5.73 Å². The van der Waals surface area contributed by atoms with Crippen molar-refractivity contribution in [1.29, 1.82) is 0 Å². The Morgan fingerprint density at radius 1 is 1.43 bits per heavy atom. The number of anilines is 1. The van der Waals surface area contributed by atoms with Gasteiger partial charge in [0.25, 0.3) is 0 Å². The maximum absolute atomic E-state index is 5.69. The van der Waals surface area contributed by atoms with E-state index < -0.39 is 0 Å². The molecule has 1 atom stereocenters. The van der Waals surface area contributed by atoms with Gasteiger partial charge in [0.2, 0.25) is 0 Å². The fraction of sp³-hybridized carbons (Fsp3) is 0.455. The highest BCUT2D eigenvalue weighted by Gasteiger charge is 2.01. The molecule has 4 N–H and O–H groups in total. The molecule has 0 saturated carbocycles. The van der Waals surface area contributed by atoms with Gasteiger partial charge in [0.05, 0.1) is 0 Å². The summed E-state index contributed by atoms with van der Waals surface area (Å²) in [5.41, 5.74) is 13.3. The lowest BCUT2D eigenvalue weighted by Crippen LogP contribution is -2.07. The van der Waals surface area contributed by atoms with E-state index in [1.54, 1.807) is 0 Å². The van der Waals surface area contributed by atoms with Crippen molar-refractivity contribution in [3.8, 4) is 0 Å². The summed E-state index contributed by atoms with van der Waals surface area (Å²) in [5.74, 6) is 1.02. The molecule has 14 heavy (non-hydrogen) atoms. The van der Waals surface area contributed by atoms with Crippen molar-refractivity contribution in [2.45, 2.75) is 24.3 Å². The molecule has 0 aliphatic carbocycles. The first-order valence-corrected chi connectivity index (χ1v) is 5.93. The molecular formula is C11H18N2S. The van der Waals surface area contributed by atoms with E-state index in [9.17, 15) is 0 Å². The number of nitrogen functional groups attached to an aromatic ring is 1. The molecule has 1 rings (SSSR count). The van der Waals surface area contributed by atoms with Crippen molar-refractivity contribution in [2.75, 3.05) is 12.3 Å². The third kappa shape index (κ3) is 4.03. The van der Waals surface area contributed by atoms with E-state index in [2.05, 4.69) is 13.0 Å². The third-order valence-electron chi connectivity index (χ3n) is 2.06. The molecule has 1 aromatic rings. The molecule has 0 bridgehead atoms. The van der Waals surface area contributed by atoms with Crippen molar-refractivity contribution in [1.82, 2.24) is 0 Å². The standard InChI is InChI=1S/C11H18N2S/c1-9(5-6-12)14-8-10-3-2-4-11(13)7-10/h2-4,7,9H,5-6,8,12-13H2,1H3. The zero-order valence-electron chi connectivity index (χ0n) is 8.57. The number of nitrogens with two attached hydrogens (primary N) is 2. The van der Waals surface area contributed by atoms with Gasteiger partial charge in [-0.05, 0) is 30.7 Å². The minimum atomic E-state index is 0.626. The molecule has 0 aromatic heterocycles. The predicted octanol–water partition coefficient (Wildman–Crippen LogP) is 2.24. The van der Waals surface area contributed by atoms with Crippen LogP contribution in [0.2, 0.25) is 0 Å². The Morgan fingerprint density at radius 2 is 2.21 bits per heavy atom. The molecular weight excluding hydrogens is 192 g/mol. The molecule has 0 aliphatic heterocycles. The molecule has 2 nitrogen and oxygen atoms in total. The molecule has 0 aliphatic rings. The average Bonchev–Trinajstić information content (AvgIpc) is 2.15. The monoisotopic (exact) mass is 210 g/mol. The van der Waals surface area contributed by atoms with Crippen LogP contribution in [0.1, 0.15) is 18.9 Å². The molecule has 0 fully saturated rings. The van der Waals surface area contributed by atoms with Crippen molar-refractivity contribution in [3.05, 3.63) is 29.8 Å². The van der Waals surface area contributed by atoms with Gasteiger partial charge in [0.15, 0.2) is 0 Å². The van der Waals surface area contributed by atoms with Gasteiger partial charge in [0.1, 0.15) is 0 Å². The Hall–Kier alpha value is -0.670. The van der Waals surface area contributed by atoms with Crippen LogP contribution in [0.5, 0.6) is 0 Å². The second kappa shape index (κ2) is 5.94. The Balaban J connectivity index is 2.37. The first-order valence-electron chi connectivity index (χ1n) is 4.88. The van der Waals surface area contributed by atoms with Gasteiger partial charge in [-0.25, -0.2) is 0 Å². The summed E-state index contributed by atoms with van der Waals surface area (Å²) < 4.78 is 0. The maximum atomic E-state index is 5.69. The molecule has 0 heterocycles. The summed E-state index contributed by atoms with van der Waals surface area (Å²) in [6.07, 6.45) is 1.08. The van der Waals surface area contributed by atoms with Crippen molar-refractivity contribution >= 4 is 17.4 Å². The smallest absolute Gasteiger partial charge is 0.0317 e. The minimum absolute atomic E-state index is 0.626. The quantitative estimate of drug-likeness (QED) is 0.733. The summed E-state index contributed by atoms with van der Waals surface area (Å²) in [7, 11) is 0. The van der Waals surface area contributed by atoms with Gasteiger partial charge in [0, 0.05) is 16.7 Å². The Kier molecular flexibility index (Phi) is 4.84. The van der Waals surface area contributed by atoms with E-state index in [-0.39, 0.29) is 0 Å². The lowest BCUT2D eigenvalue weighted by molar-refractivity contribution is 0.823. The third-order valence-corrected chi connectivity index (χ3v) is 3.36. The molecule has 3 heteroatoms. The summed E-state index contributed by atoms with van der Waals surface area (Å²) in [6.45, 7) is 2.98. The van der Waals surface area contributed by atoms with E-state index >= 15 is 0 Å². The lowest BCUT2D eigenvalue weighted by Gasteiger charge is -2.09. The largest absolute Gasteiger partial charge is 0.399 e. The number of benzene rings is 1. The Bertz CT molecular complexity index is 276. The fourth-order valence-electron chi connectivity index (χ4n) is 1.24. The summed E-state index contributed by atoms with van der Waals surface area (Å²) >= 11 is 1.93. The number of hydrogen-bond acceptors (Lipinski definition) is 3. The lowest BCUT2D eigenvalue weighted by atomic mass is 10.2. The SMILES string of the molecule is CC(CCN)SCc1cccc(N)c1. The summed E-state index contributed by atoms with van der Waals surface area (Å²) in [4.78, 5) is 0. The van der Waals surface area contributed by atoms with Gasteiger partial charge in [-0.1, -0.05) is 19.1 Å². The van der Waals surface area contributed by atoms with Crippen LogP contribution in [-0.4, -0.2) is 11.8 Å². The topological polar surface area (TPSA) is 52.0 Å². The van der Waals surface area contributed by atoms with Gasteiger partial charge >= 0.3 is 0 Å².